The van der Waals surface area contributed by atoms with Gasteiger partial charge >= 0.3 is 0 Å². The Hall–Kier alpha value is -3.59. The molecule has 33 heavy (non-hydrogen) atoms. The van der Waals surface area contributed by atoms with Crippen LogP contribution in [-0.2, 0) is 11.3 Å². The number of nitrogens with zero attached hydrogens (tertiary/aromatic N) is 5. The number of nitrogens with one attached hydrogen (secondary N) is 1. The Morgan fingerprint density at radius 1 is 1.18 bits per heavy atom. The zero-order valence-corrected chi connectivity index (χ0v) is 19.5. The highest BCUT2D eigenvalue weighted by Gasteiger charge is 2.17. The molecule has 8 nitrogen and oxygen atoms in total. The number of likely N-dealkylation sites (N-methyl/N-ethyl adjacent to an activating group) is 1. The number of aromatic nitrogens is 4. The Balaban J connectivity index is 1.48. The van der Waals surface area contributed by atoms with Gasteiger partial charge in [0.05, 0.1) is 16.7 Å². The molecule has 0 aliphatic carbocycles. The summed E-state index contributed by atoms with van der Waals surface area (Å²) in [6.45, 7) is 6.65. The number of fused-ring (bicyclic) bond motifs is 3. The Morgan fingerprint density at radius 3 is 2.67 bits per heavy atom. The number of anilines is 1. The number of para-hydroxylation sites is 2. The van der Waals surface area contributed by atoms with Crippen LogP contribution in [0.5, 0.6) is 0 Å². The summed E-state index contributed by atoms with van der Waals surface area (Å²) in [5.74, 6) is 0.533. The van der Waals surface area contributed by atoms with Crippen LogP contribution in [0, 0.1) is 0 Å². The topological polar surface area (TPSA) is 84.5 Å². The molecule has 0 fully saturated rings. The summed E-state index contributed by atoms with van der Waals surface area (Å²) in [6.07, 6.45) is 1.65. The third kappa shape index (κ3) is 4.63. The lowest BCUT2D eigenvalue weighted by atomic mass is 10.2. The zero-order valence-electron chi connectivity index (χ0n) is 18.6. The first-order valence-electron chi connectivity index (χ1n) is 10.7. The minimum absolute atomic E-state index is 0.0891. The van der Waals surface area contributed by atoms with Crippen LogP contribution in [-0.4, -0.2) is 50.5 Å². The van der Waals surface area contributed by atoms with Crippen LogP contribution in [0.2, 0.25) is 0 Å². The van der Waals surface area contributed by atoms with E-state index in [0.29, 0.717) is 34.9 Å². The van der Waals surface area contributed by atoms with E-state index in [-0.39, 0.29) is 23.3 Å². The molecule has 1 N–H and O–H groups in total. The summed E-state index contributed by atoms with van der Waals surface area (Å²) in [5, 5.41) is 12.6. The smallest absolute Gasteiger partial charge is 0.263 e. The van der Waals surface area contributed by atoms with Gasteiger partial charge in [-0.15, -0.1) is 16.8 Å². The van der Waals surface area contributed by atoms with E-state index in [2.05, 4.69) is 33.9 Å². The molecular formula is C24H26N6O2S. The van der Waals surface area contributed by atoms with Gasteiger partial charge in [0.1, 0.15) is 0 Å². The lowest BCUT2D eigenvalue weighted by Gasteiger charge is -2.27. The lowest BCUT2D eigenvalue weighted by molar-refractivity contribution is -0.118. The maximum absolute atomic E-state index is 12.9. The molecular weight excluding hydrogens is 436 g/mol. The van der Waals surface area contributed by atoms with Gasteiger partial charge in [-0.3, -0.25) is 18.6 Å². The summed E-state index contributed by atoms with van der Waals surface area (Å²) < 4.78 is 3.36. The number of rotatable bonds is 9. The van der Waals surface area contributed by atoms with Crippen LogP contribution < -0.4 is 15.8 Å². The minimum atomic E-state index is -0.142. The molecule has 4 aromatic rings. The van der Waals surface area contributed by atoms with E-state index in [9.17, 15) is 9.59 Å². The van der Waals surface area contributed by atoms with Crippen molar-refractivity contribution >= 4 is 40.0 Å². The molecule has 0 saturated heterocycles. The number of allylic oxidation sites excluding steroid dienone is 1. The number of hydrogen-bond acceptors (Lipinski definition) is 6. The van der Waals surface area contributed by atoms with Gasteiger partial charge in [0, 0.05) is 31.9 Å². The second-order valence-corrected chi connectivity index (χ2v) is 8.67. The van der Waals surface area contributed by atoms with Gasteiger partial charge in [-0.05, 0) is 31.2 Å². The molecule has 9 heteroatoms. The highest BCUT2D eigenvalue weighted by atomic mass is 32.2. The molecule has 0 radical (unpaired) electrons. The average Bonchev–Trinajstić information content (AvgIpc) is 3.28. The van der Waals surface area contributed by atoms with E-state index in [1.165, 1.54) is 16.3 Å². The van der Waals surface area contributed by atoms with E-state index in [0.717, 1.165) is 5.69 Å². The van der Waals surface area contributed by atoms with Crippen molar-refractivity contribution in [2.24, 2.45) is 0 Å². The van der Waals surface area contributed by atoms with Crippen molar-refractivity contribution in [2.75, 3.05) is 24.2 Å². The fraction of sp³-hybridized carbons (Fsp3) is 0.250. The molecule has 0 aliphatic rings. The fourth-order valence-corrected chi connectivity index (χ4v) is 4.39. The van der Waals surface area contributed by atoms with E-state index >= 15 is 0 Å². The van der Waals surface area contributed by atoms with Crippen LogP contribution in [0.25, 0.3) is 16.7 Å². The minimum Gasteiger partial charge on any atom is -0.370 e. The SMILES string of the molecule is C=CCn1c(=O)c2ccccc2n2c(SCC(=O)NCC(C)N(C)c3ccccc3)nnc12. The largest absolute Gasteiger partial charge is 0.370 e. The Morgan fingerprint density at radius 2 is 1.91 bits per heavy atom. The summed E-state index contributed by atoms with van der Waals surface area (Å²) in [6, 6.07) is 17.5. The van der Waals surface area contributed by atoms with E-state index in [1.54, 1.807) is 12.1 Å². The number of carbonyl (C=O) groups excluding carboxylic acids is 1. The molecule has 2 heterocycles. The molecule has 1 atom stereocenters. The number of carbonyl (C=O) groups is 1. The van der Waals surface area contributed by atoms with Gasteiger partial charge < -0.3 is 10.2 Å². The normalized spacial score (nSPS) is 12.1. The molecule has 0 saturated carbocycles. The van der Waals surface area contributed by atoms with Gasteiger partial charge in [-0.2, -0.15) is 0 Å². The van der Waals surface area contributed by atoms with Crippen molar-refractivity contribution in [3.63, 3.8) is 0 Å². The molecule has 0 aliphatic heterocycles. The number of amides is 1. The number of hydrogen-bond donors (Lipinski definition) is 1. The van der Waals surface area contributed by atoms with Gasteiger partial charge in [0.15, 0.2) is 5.16 Å². The van der Waals surface area contributed by atoms with Crippen LogP contribution in [0.4, 0.5) is 5.69 Å². The van der Waals surface area contributed by atoms with E-state index in [1.807, 2.05) is 60.0 Å². The lowest BCUT2D eigenvalue weighted by Crippen LogP contribution is -2.40. The first-order valence-corrected chi connectivity index (χ1v) is 11.6. The van der Waals surface area contributed by atoms with Gasteiger partial charge in [-0.25, -0.2) is 0 Å². The maximum atomic E-state index is 12.9. The molecule has 2 aromatic heterocycles. The third-order valence-corrected chi connectivity index (χ3v) is 6.47. The van der Waals surface area contributed by atoms with E-state index < -0.39 is 0 Å². The van der Waals surface area contributed by atoms with Crippen molar-refractivity contribution in [2.45, 2.75) is 24.7 Å². The van der Waals surface area contributed by atoms with Gasteiger partial charge in [-0.1, -0.05) is 48.2 Å². The second kappa shape index (κ2) is 9.91. The van der Waals surface area contributed by atoms with Crippen LogP contribution in [0.1, 0.15) is 6.92 Å². The average molecular weight is 463 g/mol. The van der Waals surface area contributed by atoms with Gasteiger partial charge in [0.2, 0.25) is 11.7 Å². The Labute approximate surface area is 195 Å². The monoisotopic (exact) mass is 462 g/mol. The first kappa shape index (κ1) is 22.6. The van der Waals surface area contributed by atoms with E-state index in [4.69, 9.17) is 0 Å². The Kier molecular flexibility index (Phi) is 6.79. The molecule has 4 rings (SSSR count). The van der Waals surface area contributed by atoms with Crippen molar-refractivity contribution in [1.29, 1.82) is 0 Å². The van der Waals surface area contributed by atoms with Crippen molar-refractivity contribution in [3.05, 3.63) is 77.6 Å². The third-order valence-electron chi connectivity index (χ3n) is 5.54. The summed E-state index contributed by atoms with van der Waals surface area (Å²) in [4.78, 5) is 27.6. The second-order valence-electron chi connectivity index (χ2n) is 7.73. The summed E-state index contributed by atoms with van der Waals surface area (Å²) >= 11 is 1.29. The molecule has 0 spiro atoms. The predicted octanol–water partition coefficient (Wildman–Crippen LogP) is 2.96. The molecule has 0 bridgehead atoms. The van der Waals surface area contributed by atoms with Crippen molar-refractivity contribution in [3.8, 4) is 0 Å². The molecule has 170 valence electrons. The van der Waals surface area contributed by atoms with Crippen LogP contribution in [0.3, 0.4) is 0 Å². The summed E-state index contributed by atoms with van der Waals surface area (Å²) in [5.41, 5.74) is 1.67. The number of thioether (sulfide) groups is 1. The summed E-state index contributed by atoms with van der Waals surface area (Å²) in [7, 11) is 2.01. The molecule has 1 unspecified atom stereocenters. The number of benzene rings is 2. The molecule has 1 amide bonds. The highest BCUT2D eigenvalue weighted by molar-refractivity contribution is 7.99. The van der Waals surface area contributed by atoms with Crippen LogP contribution in [0.15, 0.2) is 77.2 Å². The van der Waals surface area contributed by atoms with Crippen LogP contribution >= 0.6 is 11.8 Å². The standard InChI is InChI=1S/C24H26N6O2S/c1-4-14-29-22(32)19-12-8-9-13-20(19)30-23(29)26-27-24(30)33-16-21(31)25-15-17(2)28(3)18-10-6-5-7-11-18/h4-13,17H,1,14-16H2,2-3H3,(H,25,31). The predicted molar refractivity (Wildman–Crippen MR) is 133 cm³/mol. The van der Waals surface area contributed by atoms with Crippen molar-refractivity contribution < 1.29 is 4.79 Å². The zero-order chi connectivity index (χ0) is 23.4. The quantitative estimate of drug-likeness (QED) is 0.304. The van der Waals surface area contributed by atoms with Gasteiger partial charge in [0.25, 0.3) is 5.56 Å². The fourth-order valence-electron chi connectivity index (χ4n) is 3.62. The van der Waals surface area contributed by atoms with Crippen molar-refractivity contribution in [1.82, 2.24) is 24.5 Å². The first-order chi connectivity index (χ1) is 16.0. The maximum Gasteiger partial charge on any atom is 0.263 e. The highest BCUT2D eigenvalue weighted by Crippen LogP contribution is 2.21. The Bertz CT molecular complexity index is 1350. The molecule has 2 aromatic carbocycles.